The Balaban J connectivity index is 1.61. The van der Waals surface area contributed by atoms with E-state index in [0.717, 1.165) is 24.4 Å². The van der Waals surface area contributed by atoms with Gasteiger partial charge in [-0.1, -0.05) is 13.8 Å². The number of likely N-dealkylation sites (tertiary alicyclic amines) is 1. The van der Waals surface area contributed by atoms with E-state index in [4.69, 9.17) is 4.42 Å². The number of furan rings is 1. The molecule has 3 heterocycles. The number of pyridine rings is 1. The monoisotopic (exact) mass is 383 g/mol. The number of piperidine rings is 1. The van der Waals surface area contributed by atoms with E-state index in [1.54, 1.807) is 17.4 Å². The van der Waals surface area contributed by atoms with E-state index in [0.29, 0.717) is 37.5 Å². The van der Waals surface area contributed by atoms with Crippen LogP contribution in [0, 0.1) is 11.8 Å². The highest BCUT2D eigenvalue weighted by atomic mass is 16.3. The number of carbonyl (C=O) groups excluding carboxylic acids is 2. The molecule has 0 spiro atoms. The summed E-state index contributed by atoms with van der Waals surface area (Å²) in [4.78, 5) is 33.5. The van der Waals surface area contributed by atoms with Crippen LogP contribution in [0.5, 0.6) is 0 Å². The molecule has 1 aliphatic rings. The van der Waals surface area contributed by atoms with Crippen LogP contribution >= 0.6 is 0 Å². The van der Waals surface area contributed by atoms with Crippen LogP contribution in [0.4, 0.5) is 5.82 Å². The van der Waals surface area contributed by atoms with Gasteiger partial charge in [0.2, 0.25) is 0 Å². The maximum Gasteiger partial charge on any atom is 0.255 e. The molecule has 1 amide bonds. The van der Waals surface area contributed by atoms with Gasteiger partial charge in [-0.05, 0) is 43.0 Å². The van der Waals surface area contributed by atoms with Crippen molar-refractivity contribution in [1.29, 1.82) is 0 Å². The Labute approximate surface area is 166 Å². The number of hydrogen-bond acceptors (Lipinski definition) is 5. The SMILES string of the molecule is CC(C)CC(=O)C1CCCN(C(=O)c2ccc(N(C)Cc3ccco3)nc2)C1. The first-order valence-corrected chi connectivity index (χ1v) is 9.95. The van der Waals surface area contributed by atoms with Crippen LogP contribution in [0.2, 0.25) is 0 Å². The number of rotatable bonds is 7. The Bertz CT molecular complexity index is 784. The van der Waals surface area contributed by atoms with E-state index >= 15 is 0 Å². The molecule has 1 atom stereocenters. The van der Waals surface area contributed by atoms with Gasteiger partial charge in [0.1, 0.15) is 17.4 Å². The molecular weight excluding hydrogens is 354 g/mol. The Morgan fingerprint density at radius 3 is 2.79 bits per heavy atom. The lowest BCUT2D eigenvalue weighted by atomic mass is 9.89. The highest BCUT2D eigenvalue weighted by molar-refractivity contribution is 5.94. The van der Waals surface area contributed by atoms with E-state index in [1.807, 2.05) is 36.2 Å². The lowest BCUT2D eigenvalue weighted by Gasteiger charge is -2.32. The lowest BCUT2D eigenvalue weighted by molar-refractivity contribution is -0.124. The highest BCUT2D eigenvalue weighted by Gasteiger charge is 2.29. The Morgan fingerprint density at radius 1 is 1.32 bits per heavy atom. The van der Waals surface area contributed by atoms with Gasteiger partial charge in [0, 0.05) is 38.7 Å². The second-order valence-corrected chi connectivity index (χ2v) is 8.00. The molecule has 6 nitrogen and oxygen atoms in total. The van der Waals surface area contributed by atoms with Crippen LogP contribution in [0.15, 0.2) is 41.1 Å². The molecule has 1 saturated heterocycles. The van der Waals surface area contributed by atoms with Crippen molar-refractivity contribution in [2.75, 3.05) is 25.0 Å². The van der Waals surface area contributed by atoms with Crippen molar-refractivity contribution >= 4 is 17.5 Å². The summed E-state index contributed by atoms with van der Waals surface area (Å²) in [5, 5.41) is 0. The summed E-state index contributed by atoms with van der Waals surface area (Å²) in [6, 6.07) is 7.43. The number of anilines is 1. The van der Waals surface area contributed by atoms with Crippen LogP contribution in [0.1, 0.15) is 49.2 Å². The van der Waals surface area contributed by atoms with Crippen LogP contribution in [0.3, 0.4) is 0 Å². The fourth-order valence-electron chi connectivity index (χ4n) is 3.63. The molecule has 2 aromatic heterocycles. The van der Waals surface area contributed by atoms with Crippen molar-refractivity contribution in [2.45, 2.75) is 39.7 Å². The molecule has 1 fully saturated rings. The number of ketones is 1. The van der Waals surface area contributed by atoms with Crippen molar-refractivity contribution in [3.8, 4) is 0 Å². The molecule has 150 valence electrons. The number of Topliss-reactive ketones (excluding diaryl/α,β-unsaturated/α-hetero) is 1. The predicted molar refractivity (Wildman–Crippen MR) is 108 cm³/mol. The summed E-state index contributed by atoms with van der Waals surface area (Å²) >= 11 is 0. The average Bonchev–Trinajstić information content (AvgIpc) is 3.20. The number of nitrogens with zero attached hydrogens (tertiary/aromatic N) is 3. The average molecular weight is 383 g/mol. The zero-order chi connectivity index (χ0) is 20.1. The van der Waals surface area contributed by atoms with Gasteiger partial charge >= 0.3 is 0 Å². The number of aromatic nitrogens is 1. The quantitative estimate of drug-likeness (QED) is 0.728. The minimum absolute atomic E-state index is 0.0354. The van der Waals surface area contributed by atoms with Crippen molar-refractivity contribution in [2.24, 2.45) is 11.8 Å². The van der Waals surface area contributed by atoms with Gasteiger partial charge in [-0.25, -0.2) is 4.98 Å². The first-order chi connectivity index (χ1) is 13.4. The number of carbonyl (C=O) groups is 2. The van der Waals surface area contributed by atoms with Crippen LogP contribution < -0.4 is 4.90 Å². The van der Waals surface area contributed by atoms with Gasteiger partial charge in [0.05, 0.1) is 18.4 Å². The molecule has 0 aromatic carbocycles. The molecule has 3 rings (SSSR count). The maximum atomic E-state index is 12.9. The third-order valence-corrected chi connectivity index (χ3v) is 5.13. The standard InChI is InChI=1S/C22H29N3O3/c1-16(2)12-20(26)18-6-4-10-25(14-18)22(27)17-8-9-21(23-13-17)24(3)15-19-7-5-11-28-19/h5,7-9,11,13,16,18H,4,6,10,12,14-15H2,1-3H3. The fourth-order valence-corrected chi connectivity index (χ4v) is 3.63. The smallest absolute Gasteiger partial charge is 0.255 e. The molecule has 0 aliphatic carbocycles. The molecule has 0 radical (unpaired) electrons. The van der Waals surface area contributed by atoms with Crippen molar-refractivity contribution in [3.05, 3.63) is 48.0 Å². The molecule has 28 heavy (non-hydrogen) atoms. The topological polar surface area (TPSA) is 66.7 Å². The normalized spacial score (nSPS) is 17.0. The minimum Gasteiger partial charge on any atom is -0.467 e. The summed E-state index contributed by atoms with van der Waals surface area (Å²) in [5.74, 6) is 2.18. The molecular formula is C22H29N3O3. The highest BCUT2D eigenvalue weighted by Crippen LogP contribution is 2.22. The van der Waals surface area contributed by atoms with Gasteiger partial charge in [-0.3, -0.25) is 9.59 Å². The maximum absolute atomic E-state index is 12.9. The van der Waals surface area contributed by atoms with E-state index < -0.39 is 0 Å². The van der Waals surface area contributed by atoms with Gasteiger partial charge in [0.25, 0.3) is 5.91 Å². The number of amides is 1. The zero-order valence-electron chi connectivity index (χ0n) is 16.9. The van der Waals surface area contributed by atoms with Gasteiger partial charge < -0.3 is 14.2 Å². The van der Waals surface area contributed by atoms with Gasteiger partial charge in [-0.15, -0.1) is 0 Å². The molecule has 0 saturated carbocycles. The lowest BCUT2D eigenvalue weighted by Crippen LogP contribution is -2.42. The third-order valence-electron chi connectivity index (χ3n) is 5.13. The predicted octanol–water partition coefficient (Wildman–Crippen LogP) is 3.78. The van der Waals surface area contributed by atoms with E-state index in [2.05, 4.69) is 18.8 Å². The first kappa shape index (κ1) is 20.1. The Hall–Kier alpha value is -2.63. The second kappa shape index (κ2) is 9.04. The molecule has 6 heteroatoms. The molecule has 1 unspecified atom stereocenters. The van der Waals surface area contributed by atoms with Crippen molar-refractivity contribution in [3.63, 3.8) is 0 Å². The summed E-state index contributed by atoms with van der Waals surface area (Å²) in [6.07, 6.45) is 5.61. The Kier molecular flexibility index (Phi) is 6.49. The largest absolute Gasteiger partial charge is 0.467 e. The van der Waals surface area contributed by atoms with E-state index in [9.17, 15) is 9.59 Å². The summed E-state index contributed by atoms with van der Waals surface area (Å²) in [6.45, 7) is 5.94. The zero-order valence-corrected chi connectivity index (χ0v) is 16.9. The Morgan fingerprint density at radius 2 is 2.14 bits per heavy atom. The van der Waals surface area contributed by atoms with Crippen molar-refractivity contribution < 1.29 is 14.0 Å². The van der Waals surface area contributed by atoms with E-state index in [-0.39, 0.29) is 17.6 Å². The number of hydrogen-bond donors (Lipinski definition) is 0. The fraction of sp³-hybridized carbons (Fsp3) is 0.500. The van der Waals surface area contributed by atoms with Gasteiger partial charge in [0.15, 0.2) is 0 Å². The summed E-state index contributed by atoms with van der Waals surface area (Å²) in [7, 11) is 1.93. The summed E-state index contributed by atoms with van der Waals surface area (Å²) in [5.41, 5.74) is 0.562. The van der Waals surface area contributed by atoms with Crippen LogP contribution in [-0.2, 0) is 11.3 Å². The minimum atomic E-state index is -0.0465. The third kappa shape index (κ3) is 5.00. The van der Waals surface area contributed by atoms with Crippen LogP contribution in [-0.4, -0.2) is 41.7 Å². The molecule has 1 aliphatic heterocycles. The van der Waals surface area contributed by atoms with Gasteiger partial charge in [-0.2, -0.15) is 0 Å². The summed E-state index contributed by atoms with van der Waals surface area (Å²) < 4.78 is 5.36. The molecule has 0 bridgehead atoms. The second-order valence-electron chi connectivity index (χ2n) is 8.00. The van der Waals surface area contributed by atoms with Crippen molar-refractivity contribution in [1.82, 2.24) is 9.88 Å². The molecule has 2 aromatic rings. The first-order valence-electron chi connectivity index (χ1n) is 9.95. The molecule has 0 N–H and O–H groups in total. The van der Waals surface area contributed by atoms with Crippen LogP contribution in [0.25, 0.3) is 0 Å². The van der Waals surface area contributed by atoms with E-state index in [1.165, 1.54) is 0 Å².